The molecule has 2 saturated heterocycles. The first-order chi connectivity index (χ1) is 12.9. The van der Waals surface area contributed by atoms with Gasteiger partial charge in [-0.05, 0) is 42.4 Å². The third-order valence-electron chi connectivity index (χ3n) is 5.12. The summed E-state index contributed by atoms with van der Waals surface area (Å²) >= 11 is 1.68. The minimum absolute atomic E-state index is 0.000755. The molecule has 2 aliphatic rings. The molecule has 0 aromatic heterocycles. The van der Waals surface area contributed by atoms with Gasteiger partial charge in [0.2, 0.25) is 0 Å². The molecule has 1 amide bonds. The van der Waals surface area contributed by atoms with Crippen molar-refractivity contribution in [1.82, 2.24) is 10.0 Å². The maximum atomic E-state index is 14.8. The number of amides is 1. The molecule has 0 saturated carbocycles. The molecule has 3 unspecified atom stereocenters. The normalized spacial score (nSPS) is 26.7. The van der Waals surface area contributed by atoms with E-state index in [4.69, 9.17) is 9.84 Å². The Balaban J connectivity index is 1.74. The van der Waals surface area contributed by atoms with E-state index in [2.05, 4.69) is 10.0 Å². The summed E-state index contributed by atoms with van der Waals surface area (Å²) in [6.45, 7) is 2.54. The van der Waals surface area contributed by atoms with Crippen LogP contribution in [0, 0.1) is 11.7 Å². The Hall–Kier alpha value is -1.80. The van der Waals surface area contributed by atoms with Gasteiger partial charge in [-0.1, -0.05) is 31.0 Å². The van der Waals surface area contributed by atoms with E-state index in [9.17, 15) is 14.0 Å². The third-order valence-corrected chi connectivity index (χ3v) is 5.98. The Morgan fingerprint density at radius 2 is 2.30 bits per heavy atom. The third kappa shape index (κ3) is 5.13. The van der Waals surface area contributed by atoms with E-state index in [0.717, 1.165) is 25.1 Å². The van der Waals surface area contributed by atoms with Crippen molar-refractivity contribution in [2.45, 2.75) is 50.7 Å². The molecule has 3 rings (SSSR count). The molecule has 0 spiro atoms. The predicted octanol–water partition coefficient (Wildman–Crippen LogP) is 3.59. The lowest BCUT2D eigenvalue weighted by atomic mass is 9.89. The molecule has 1 aromatic carbocycles. The SMILES string of the molecule is CC(CC(=O)O)C[C@H]1OC(=O)NC1c1ccc(C2CCCSNC2)c(F)c1. The van der Waals surface area contributed by atoms with Gasteiger partial charge in [0.1, 0.15) is 11.9 Å². The molecule has 8 heteroatoms. The summed E-state index contributed by atoms with van der Waals surface area (Å²) in [5.41, 5.74) is 1.33. The highest BCUT2D eigenvalue weighted by atomic mass is 32.2. The highest BCUT2D eigenvalue weighted by Gasteiger charge is 2.36. The van der Waals surface area contributed by atoms with Crippen LogP contribution in [0.2, 0.25) is 0 Å². The number of carboxylic acids is 1. The molecule has 3 N–H and O–H groups in total. The maximum absolute atomic E-state index is 14.8. The number of carboxylic acid groups (broad SMARTS) is 1. The van der Waals surface area contributed by atoms with Gasteiger partial charge in [-0.15, -0.1) is 0 Å². The summed E-state index contributed by atoms with van der Waals surface area (Å²) < 4.78 is 23.4. The van der Waals surface area contributed by atoms with Crippen molar-refractivity contribution in [2.24, 2.45) is 5.92 Å². The minimum Gasteiger partial charge on any atom is -0.481 e. The molecule has 2 heterocycles. The van der Waals surface area contributed by atoms with Crippen LogP contribution in [0.25, 0.3) is 0 Å². The average Bonchev–Trinajstić information content (AvgIpc) is 2.80. The number of aliphatic carboxylic acids is 1. The lowest BCUT2D eigenvalue weighted by Crippen LogP contribution is -2.25. The number of carbonyl (C=O) groups excluding carboxylic acids is 1. The van der Waals surface area contributed by atoms with Gasteiger partial charge in [0.15, 0.2) is 0 Å². The molecular formula is C19H25FN2O4S. The van der Waals surface area contributed by atoms with Crippen molar-refractivity contribution >= 4 is 24.0 Å². The monoisotopic (exact) mass is 396 g/mol. The van der Waals surface area contributed by atoms with Crippen LogP contribution in [0.4, 0.5) is 9.18 Å². The Morgan fingerprint density at radius 1 is 1.48 bits per heavy atom. The smallest absolute Gasteiger partial charge is 0.408 e. The van der Waals surface area contributed by atoms with Gasteiger partial charge in [-0.2, -0.15) is 0 Å². The van der Waals surface area contributed by atoms with E-state index < -0.39 is 24.2 Å². The molecule has 0 bridgehead atoms. The number of benzene rings is 1. The maximum Gasteiger partial charge on any atom is 0.408 e. The van der Waals surface area contributed by atoms with E-state index in [1.165, 1.54) is 6.07 Å². The Labute approximate surface area is 162 Å². The van der Waals surface area contributed by atoms with E-state index in [-0.39, 0.29) is 24.1 Å². The molecule has 0 radical (unpaired) electrons. The first-order valence-electron chi connectivity index (χ1n) is 9.27. The van der Waals surface area contributed by atoms with Crippen LogP contribution >= 0.6 is 11.9 Å². The van der Waals surface area contributed by atoms with Crippen LogP contribution in [0.15, 0.2) is 18.2 Å². The number of nitrogens with one attached hydrogen (secondary N) is 2. The molecule has 0 aliphatic carbocycles. The number of hydrogen-bond donors (Lipinski definition) is 3. The average molecular weight is 396 g/mol. The fourth-order valence-electron chi connectivity index (χ4n) is 3.79. The zero-order valence-electron chi connectivity index (χ0n) is 15.2. The molecule has 2 fully saturated rings. The lowest BCUT2D eigenvalue weighted by molar-refractivity contribution is -0.138. The molecule has 1 aromatic rings. The van der Waals surface area contributed by atoms with Gasteiger partial charge < -0.3 is 15.2 Å². The van der Waals surface area contributed by atoms with E-state index in [1.54, 1.807) is 24.9 Å². The van der Waals surface area contributed by atoms with Gasteiger partial charge >= 0.3 is 12.1 Å². The van der Waals surface area contributed by atoms with Crippen molar-refractivity contribution in [3.63, 3.8) is 0 Å². The highest BCUT2D eigenvalue weighted by Crippen LogP contribution is 2.33. The van der Waals surface area contributed by atoms with Crippen LogP contribution in [0.5, 0.6) is 0 Å². The molecule has 148 valence electrons. The van der Waals surface area contributed by atoms with Crippen molar-refractivity contribution in [3.05, 3.63) is 35.1 Å². The second-order valence-corrected chi connectivity index (χ2v) is 8.31. The highest BCUT2D eigenvalue weighted by molar-refractivity contribution is 7.97. The van der Waals surface area contributed by atoms with Gasteiger partial charge in [0, 0.05) is 24.6 Å². The summed E-state index contributed by atoms with van der Waals surface area (Å²) in [6, 6.07) is 4.64. The number of rotatable bonds is 6. The fraction of sp³-hybridized carbons (Fsp3) is 0.579. The second-order valence-electron chi connectivity index (χ2n) is 7.32. The molecule has 4 atom stereocenters. The van der Waals surface area contributed by atoms with Crippen LogP contribution in [-0.4, -0.2) is 35.6 Å². The zero-order chi connectivity index (χ0) is 19.4. The van der Waals surface area contributed by atoms with Crippen LogP contribution in [0.1, 0.15) is 55.7 Å². The second kappa shape index (κ2) is 8.93. The quantitative estimate of drug-likeness (QED) is 0.637. The fourth-order valence-corrected chi connectivity index (χ4v) is 4.56. The van der Waals surface area contributed by atoms with Gasteiger partial charge in [-0.3, -0.25) is 9.52 Å². The Morgan fingerprint density at radius 3 is 3.04 bits per heavy atom. The topological polar surface area (TPSA) is 87.7 Å². The predicted molar refractivity (Wildman–Crippen MR) is 101 cm³/mol. The zero-order valence-corrected chi connectivity index (χ0v) is 16.1. The summed E-state index contributed by atoms with van der Waals surface area (Å²) in [7, 11) is 0. The number of halogens is 1. The number of hydrogen-bond acceptors (Lipinski definition) is 5. The van der Waals surface area contributed by atoms with Crippen molar-refractivity contribution in [1.29, 1.82) is 0 Å². The standard InChI is InChI=1S/C19H25FN2O4S/c1-11(8-17(23)24)7-16-18(22-19(25)26-16)12-4-5-14(15(20)9-12)13-3-2-6-27-21-10-13/h4-5,9,11,13,16,18,21H,2-3,6-8,10H2,1H3,(H,22,25)(H,23,24)/t11?,13?,16-,18?/m1/s1. The van der Waals surface area contributed by atoms with Crippen LogP contribution < -0.4 is 10.0 Å². The summed E-state index contributed by atoms with van der Waals surface area (Å²) in [4.78, 5) is 22.6. The molecule has 2 aliphatic heterocycles. The van der Waals surface area contributed by atoms with Crippen LogP contribution in [-0.2, 0) is 9.53 Å². The van der Waals surface area contributed by atoms with Gasteiger partial charge in [0.25, 0.3) is 0 Å². The number of alkyl carbamates (subject to hydrolysis) is 1. The van der Waals surface area contributed by atoms with E-state index >= 15 is 0 Å². The Kier molecular flexibility index (Phi) is 6.59. The molecular weight excluding hydrogens is 371 g/mol. The minimum atomic E-state index is -0.887. The van der Waals surface area contributed by atoms with Crippen molar-refractivity contribution < 1.29 is 23.8 Å². The summed E-state index contributed by atoms with van der Waals surface area (Å²) in [6.07, 6.45) is 1.33. The van der Waals surface area contributed by atoms with E-state index in [0.29, 0.717) is 17.5 Å². The van der Waals surface area contributed by atoms with Crippen molar-refractivity contribution in [3.8, 4) is 0 Å². The first-order valence-corrected chi connectivity index (χ1v) is 10.3. The largest absolute Gasteiger partial charge is 0.481 e. The summed E-state index contributed by atoms with van der Waals surface area (Å²) in [5, 5.41) is 11.6. The molecule has 27 heavy (non-hydrogen) atoms. The number of ether oxygens (including phenoxy) is 1. The van der Waals surface area contributed by atoms with Crippen molar-refractivity contribution in [2.75, 3.05) is 12.3 Å². The lowest BCUT2D eigenvalue weighted by Gasteiger charge is -2.21. The number of carbonyl (C=O) groups is 2. The van der Waals surface area contributed by atoms with E-state index in [1.807, 2.05) is 6.07 Å². The number of cyclic esters (lactones) is 1. The molecule has 6 nitrogen and oxygen atoms in total. The van der Waals surface area contributed by atoms with Crippen LogP contribution in [0.3, 0.4) is 0 Å². The van der Waals surface area contributed by atoms with Gasteiger partial charge in [0.05, 0.1) is 6.04 Å². The first kappa shape index (κ1) is 19.9. The van der Waals surface area contributed by atoms with Gasteiger partial charge in [-0.25, -0.2) is 9.18 Å². The summed E-state index contributed by atoms with van der Waals surface area (Å²) in [5.74, 6) is -0.152. The Bertz CT molecular complexity index is 694.